The lowest BCUT2D eigenvalue weighted by Crippen LogP contribution is -2.37. The second kappa shape index (κ2) is 5.83. The van der Waals surface area contributed by atoms with Crippen LogP contribution >= 0.6 is 15.9 Å². The number of rotatable bonds is 3. The maximum atomic E-state index is 12.2. The molecule has 0 spiro atoms. The van der Waals surface area contributed by atoms with Crippen molar-refractivity contribution in [2.75, 3.05) is 6.54 Å². The third-order valence-corrected chi connectivity index (χ3v) is 3.40. The molecule has 0 saturated carbocycles. The van der Waals surface area contributed by atoms with Crippen molar-refractivity contribution in [3.05, 3.63) is 33.8 Å². The lowest BCUT2D eigenvalue weighted by molar-refractivity contribution is 0.0731. The van der Waals surface area contributed by atoms with Gasteiger partial charge in [0.2, 0.25) is 0 Å². The van der Waals surface area contributed by atoms with E-state index in [1.807, 2.05) is 32.9 Å². The van der Waals surface area contributed by atoms with Gasteiger partial charge in [0.05, 0.1) is 6.07 Å². The maximum Gasteiger partial charge on any atom is 0.254 e. The molecule has 0 saturated heterocycles. The van der Waals surface area contributed by atoms with Crippen LogP contribution in [-0.2, 0) is 0 Å². The first-order valence-electron chi connectivity index (χ1n) is 5.41. The number of nitriles is 1. The standard InChI is InChI=1S/C13H15BrN2O/c1-9(2)16(7-6-15)13(17)11-5-4-10(3)12(14)8-11/h4-5,8-9H,7H2,1-3H3. The van der Waals surface area contributed by atoms with Gasteiger partial charge in [-0.1, -0.05) is 22.0 Å². The molecule has 1 amide bonds. The highest BCUT2D eigenvalue weighted by Gasteiger charge is 2.18. The Morgan fingerprint density at radius 2 is 2.18 bits per heavy atom. The summed E-state index contributed by atoms with van der Waals surface area (Å²) in [6.45, 7) is 5.88. The Balaban J connectivity index is 3.02. The van der Waals surface area contributed by atoms with E-state index in [1.54, 1.807) is 17.0 Å². The highest BCUT2D eigenvalue weighted by molar-refractivity contribution is 9.10. The number of carbonyl (C=O) groups is 1. The van der Waals surface area contributed by atoms with E-state index in [0.29, 0.717) is 5.56 Å². The number of benzene rings is 1. The van der Waals surface area contributed by atoms with Crippen LogP contribution < -0.4 is 0 Å². The van der Waals surface area contributed by atoms with Crippen LogP contribution in [-0.4, -0.2) is 23.4 Å². The normalized spacial score (nSPS) is 10.1. The SMILES string of the molecule is Cc1ccc(C(=O)N(CC#N)C(C)C)cc1Br. The summed E-state index contributed by atoms with van der Waals surface area (Å²) in [5, 5.41) is 8.73. The molecule has 0 aliphatic carbocycles. The van der Waals surface area contributed by atoms with Crippen molar-refractivity contribution < 1.29 is 4.79 Å². The summed E-state index contributed by atoms with van der Waals surface area (Å²) in [6.07, 6.45) is 0. The summed E-state index contributed by atoms with van der Waals surface area (Å²) in [7, 11) is 0. The van der Waals surface area contributed by atoms with Crippen LogP contribution in [0.15, 0.2) is 22.7 Å². The quantitative estimate of drug-likeness (QED) is 0.804. The van der Waals surface area contributed by atoms with Gasteiger partial charge in [0.1, 0.15) is 6.54 Å². The molecule has 0 unspecified atom stereocenters. The predicted octanol–water partition coefficient (Wildman–Crippen LogP) is 3.13. The molecule has 0 heterocycles. The third kappa shape index (κ3) is 3.31. The minimum absolute atomic E-state index is 0.0160. The Morgan fingerprint density at radius 1 is 1.53 bits per heavy atom. The number of carbonyl (C=O) groups excluding carboxylic acids is 1. The molecule has 4 heteroatoms. The van der Waals surface area contributed by atoms with Gasteiger partial charge in [-0.25, -0.2) is 0 Å². The second-order valence-corrected chi connectivity index (χ2v) is 5.00. The minimum atomic E-state index is -0.109. The van der Waals surface area contributed by atoms with Gasteiger partial charge in [-0.15, -0.1) is 0 Å². The van der Waals surface area contributed by atoms with Crippen LogP contribution in [0.2, 0.25) is 0 Å². The maximum absolute atomic E-state index is 12.2. The molecule has 1 aromatic rings. The molecule has 0 fully saturated rings. The smallest absolute Gasteiger partial charge is 0.254 e. The summed E-state index contributed by atoms with van der Waals surface area (Å²) in [5.74, 6) is -0.109. The fourth-order valence-electron chi connectivity index (χ4n) is 1.46. The minimum Gasteiger partial charge on any atom is -0.323 e. The van der Waals surface area contributed by atoms with Crippen molar-refractivity contribution in [3.8, 4) is 6.07 Å². The van der Waals surface area contributed by atoms with E-state index in [4.69, 9.17) is 5.26 Å². The Kier molecular flexibility index (Phi) is 4.71. The van der Waals surface area contributed by atoms with Gasteiger partial charge in [-0.2, -0.15) is 5.26 Å². The molecule has 0 aromatic heterocycles. The zero-order chi connectivity index (χ0) is 13.0. The van der Waals surface area contributed by atoms with E-state index < -0.39 is 0 Å². The van der Waals surface area contributed by atoms with Crippen LogP contribution in [0, 0.1) is 18.3 Å². The van der Waals surface area contributed by atoms with Gasteiger partial charge >= 0.3 is 0 Å². The van der Waals surface area contributed by atoms with Crippen LogP contribution in [0.25, 0.3) is 0 Å². The number of halogens is 1. The molecule has 0 radical (unpaired) electrons. The van der Waals surface area contributed by atoms with E-state index >= 15 is 0 Å². The Bertz CT molecular complexity index is 463. The molecular formula is C13H15BrN2O. The molecule has 90 valence electrons. The molecule has 0 aliphatic heterocycles. The molecule has 1 aromatic carbocycles. The van der Waals surface area contributed by atoms with E-state index in [9.17, 15) is 4.79 Å². The summed E-state index contributed by atoms with van der Waals surface area (Å²) < 4.78 is 0.906. The molecule has 3 nitrogen and oxygen atoms in total. The number of aryl methyl sites for hydroxylation is 1. The van der Waals surface area contributed by atoms with Gasteiger partial charge in [-0.05, 0) is 38.5 Å². The van der Waals surface area contributed by atoms with Crippen LogP contribution in [0.4, 0.5) is 0 Å². The summed E-state index contributed by atoms with van der Waals surface area (Å²) in [6, 6.07) is 7.51. The first kappa shape index (κ1) is 13.7. The summed E-state index contributed by atoms with van der Waals surface area (Å²) >= 11 is 3.40. The lowest BCUT2D eigenvalue weighted by Gasteiger charge is -2.24. The third-order valence-electron chi connectivity index (χ3n) is 2.54. The van der Waals surface area contributed by atoms with Crippen molar-refractivity contribution >= 4 is 21.8 Å². The molecular weight excluding hydrogens is 280 g/mol. The molecule has 0 atom stereocenters. The number of amides is 1. The fraction of sp³-hybridized carbons (Fsp3) is 0.385. The Labute approximate surface area is 110 Å². The van der Waals surface area contributed by atoms with Crippen LogP contribution in [0.1, 0.15) is 29.8 Å². The predicted molar refractivity (Wildman–Crippen MR) is 70.7 cm³/mol. The highest BCUT2D eigenvalue weighted by atomic mass is 79.9. The monoisotopic (exact) mass is 294 g/mol. The van der Waals surface area contributed by atoms with Gasteiger partial charge in [0.25, 0.3) is 5.91 Å². The van der Waals surface area contributed by atoms with E-state index in [0.717, 1.165) is 10.0 Å². The van der Waals surface area contributed by atoms with Crippen LogP contribution in [0.3, 0.4) is 0 Å². The number of hydrogen-bond donors (Lipinski definition) is 0. The average Bonchev–Trinajstić information content (AvgIpc) is 2.28. The van der Waals surface area contributed by atoms with Gasteiger partial charge in [0, 0.05) is 16.1 Å². The highest BCUT2D eigenvalue weighted by Crippen LogP contribution is 2.19. The fourth-order valence-corrected chi connectivity index (χ4v) is 1.84. The van der Waals surface area contributed by atoms with Crippen molar-refractivity contribution in [2.24, 2.45) is 0 Å². The number of hydrogen-bond acceptors (Lipinski definition) is 2. The molecule has 17 heavy (non-hydrogen) atoms. The Hall–Kier alpha value is -1.34. The zero-order valence-corrected chi connectivity index (χ0v) is 11.8. The topological polar surface area (TPSA) is 44.1 Å². The van der Waals surface area contributed by atoms with Crippen molar-refractivity contribution in [3.63, 3.8) is 0 Å². The lowest BCUT2D eigenvalue weighted by atomic mass is 10.1. The van der Waals surface area contributed by atoms with E-state index in [2.05, 4.69) is 15.9 Å². The van der Waals surface area contributed by atoms with Crippen molar-refractivity contribution in [1.82, 2.24) is 4.90 Å². The first-order chi connectivity index (χ1) is 7.97. The summed E-state index contributed by atoms with van der Waals surface area (Å²) in [5.41, 5.74) is 1.68. The van der Waals surface area contributed by atoms with Gasteiger partial charge < -0.3 is 4.90 Å². The largest absolute Gasteiger partial charge is 0.323 e. The van der Waals surface area contributed by atoms with Crippen molar-refractivity contribution in [2.45, 2.75) is 26.8 Å². The molecule has 0 N–H and O–H groups in total. The van der Waals surface area contributed by atoms with Crippen molar-refractivity contribution in [1.29, 1.82) is 5.26 Å². The van der Waals surface area contributed by atoms with Crippen LogP contribution in [0.5, 0.6) is 0 Å². The van der Waals surface area contributed by atoms with Gasteiger partial charge in [0.15, 0.2) is 0 Å². The summed E-state index contributed by atoms with van der Waals surface area (Å²) in [4.78, 5) is 13.7. The zero-order valence-electron chi connectivity index (χ0n) is 10.2. The number of nitrogens with zero attached hydrogens (tertiary/aromatic N) is 2. The molecule has 0 aliphatic rings. The molecule has 0 bridgehead atoms. The van der Waals surface area contributed by atoms with E-state index in [-0.39, 0.29) is 18.5 Å². The Morgan fingerprint density at radius 3 is 2.65 bits per heavy atom. The average molecular weight is 295 g/mol. The molecule has 1 rings (SSSR count). The van der Waals surface area contributed by atoms with E-state index in [1.165, 1.54) is 0 Å². The van der Waals surface area contributed by atoms with Gasteiger partial charge in [-0.3, -0.25) is 4.79 Å². The first-order valence-corrected chi connectivity index (χ1v) is 6.20. The second-order valence-electron chi connectivity index (χ2n) is 4.15.